The smallest absolute Gasteiger partial charge is 0.279 e. The van der Waals surface area contributed by atoms with Crippen LogP contribution >= 0.6 is 11.3 Å². The Morgan fingerprint density at radius 2 is 1.78 bits per heavy atom. The maximum absolute atomic E-state index is 12.5. The Labute approximate surface area is 132 Å². The quantitative estimate of drug-likeness (QED) is 0.659. The average Bonchev–Trinajstić information content (AvgIpc) is 2.81. The van der Waals surface area contributed by atoms with Gasteiger partial charge < -0.3 is 0 Å². The zero-order valence-corrected chi connectivity index (χ0v) is 13.1. The highest BCUT2D eigenvalue weighted by atomic mass is 32.2. The number of rotatable bonds is 4. The number of benzene rings is 1. The number of sulfonamides is 1. The van der Waals surface area contributed by atoms with Gasteiger partial charge in [-0.25, -0.2) is 8.42 Å². The molecule has 0 spiro atoms. The van der Waals surface area contributed by atoms with Crippen LogP contribution in [-0.2, 0) is 16.2 Å². The van der Waals surface area contributed by atoms with Crippen molar-refractivity contribution in [3.05, 3.63) is 51.6 Å². The maximum atomic E-state index is 12.5. The minimum atomic E-state index is -4.53. The van der Waals surface area contributed by atoms with Crippen LogP contribution in [-0.4, -0.2) is 13.3 Å². The molecule has 0 bridgehead atoms. The fourth-order valence-corrected chi connectivity index (χ4v) is 4.30. The van der Waals surface area contributed by atoms with E-state index in [2.05, 4.69) is 4.72 Å². The van der Waals surface area contributed by atoms with Crippen LogP contribution < -0.4 is 4.72 Å². The van der Waals surface area contributed by atoms with E-state index in [1.54, 1.807) is 0 Å². The molecule has 0 saturated carbocycles. The van der Waals surface area contributed by atoms with E-state index in [1.807, 2.05) is 0 Å². The predicted octanol–water partition coefficient (Wildman–Crippen LogP) is 3.78. The van der Waals surface area contributed by atoms with Crippen molar-refractivity contribution in [1.82, 2.24) is 0 Å². The second-order valence-corrected chi connectivity index (χ2v) is 7.40. The van der Waals surface area contributed by atoms with Gasteiger partial charge in [0.25, 0.3) is 10.0 Å². The number of nitrogens with one attached hydrogen (secondary N) is 1. The van der Waals surface area contributed by atoms with Gasteiger partial charge in [0.15, 0.2) is 0 Å². The first-order valence-corrected chi connectivity index (χ1v) is 8.25. The first-order valence-electron chi connectivity index (χ1n) is 5.95. The normalized spacial score (nSPS) is 12.2. The molecular formula is C12H9F3N2O4S2. The van der Waals surface area contributed by atoms with E-state index >= 15 is 0 Å². The zero-order chi connectivity index (χ0) is 17.4. The molecular weight excluding hydrogens is 357 g/mol. The van der Waals surface area contributed by atoms with Gasteiger partial charge in [-0.1, -0.05) is 0 Å². The molecule has 2 aromatic rings. The summed E-state index contributed by atoms with van der Waals surface area (Å²) in [5.74, 6) is 0. The molecule has 0 amide bonds. The molecule has 0 radical (unpaired) electrons. The molecule has 11 heteroatoms. The van der Waals surface area contributed by atoms with Gasteiger partial charge >= 0.3 is 11.2 Å². The van der Waals surface area contributed by atoms with Crippen LogP contribution in [0.3, 0.4) is 0 Å². The summed E-state index contributed by atoms with van der Waals surface area (Å²) in [5.41, 5.74) is -0.807. The molecule has 1 aromatic heterocycles. The van der Waals surface area contributed by atoms with Crippen LogP contribution in [0.5, 0.6) is 0 Å². The summed E-state index contributed by atoms with van der Waals surface area (Å²) >= 11 is 0.472. The number of hydrogen-bond donors (Lipinski definition) is 1. The molecule has 0 atom stereocenters. The summed E-state index contributed by atoms with van der Waals surface area (Å²) in [6.07, 6.45) is -4.53. The molecule has 0 saturated heterocycles. The summed E-state index contributed by atoms with van der Waals surface area (Å²) in [4.78, 5) is 9.96. The lowest BCUT2D eigenvalue weighted by Gasteiger charge is -2.09. The van der Waals surface area contributed by atoms with Crippen molar-refractivity contribution >= 4 is 32.0 Å². The van der Waals surface area contributed by atoms with E-state index in [9.17, 15) is 31.7 Å². The standard InChI is InChI=1S/C12H9F3N2O4S2/c1-7-6-10(17(18)19)22-11(7)23(20,21)16-9-4-2-8(3-5-9)12(13,14)15/h2-6,16H,1H3. The van der Waals surface area contributed by atoms with Gasteiger partial charge in [-0.15, -0.1) is 0 Å². The zero-order valence-electron chi connectivity index (χ0n) is 11.4. The fraction of sp³-hybridized carbons (Fsp3) is 0.167. The Morgan fingerprint density at radius 1 is 1.22 bits per heavy atom. The lowest BCUT2D eigenvalue weighted by Crippen LogP contribution is -2.13. The van der Waals surface area contributed by atoms with Crippen molar-refractivity contribution in [2.24, 2.45) is 0 Å². The van der Waals surface area contributed by atoms with Crippen molar-refractivity contribution in [2.75, 3.05) is 4.72 Å². The number of thiophene rings is 1. The number of nitrogens with zero attached hydrogens (tertiary/aromatic N) is 1. The highest BCUT2D eigenvalue weighted by Crippen LogP contribution is 2.34. The summed E-state index contributed by atoms with van der Waals surface area (Å²) in [7, 11) is -4.12. The lowest BCUT2D eigenvalue weighted by molar-refractivity contribution is -0.380. The number of alkyl halides is 3. The topological polar surface area (TPSA) is 89.3 Å². The molecule has 23 heavy (non-hydrogen) atoms. The van der Waals surface area contributed by atoms with Crippen LogP contribution in [0.1, 0.15) is 11.1 Å². The molecule has 1 aromatic carbocycles. The van der Waals surface area contributed by atoms with Crippen LogP contribution in [0, 0.1) is 17.0 Å². The average molecular weight is 366 g/mol. The van der Waals surface area contributed by atoms with Gasteiger partial charge in [0.05, 0.1) is 10.5 Å². The largest absolute Gasteiger partial charge is 0.416 e. The first kappa shape index (κ1) is 17.2. The first-order chi connectivity index (χ1) is 10.5. The van der Waals surface area contributed by atoms with Gasteiger partial charge in [0.1, 0.15) is 4.21 Å². The van der Waals surface area contributed by atoms with E-state index in [1.165, 1.54) is 6.92 Å². The molecule has 1 heterocycles. The summed E-state index contributed by atoms with van der Waals surface area (Å²) in [5, 5.41) is 10.3. The number of nitro groups is 1. The van der Waals surface area contributed by atoms with E-state index in [0.29, 0.717) is 11.3 Å². The third-order valence-electron chi connectivity index (χ3n) is 2.75. The molecule has 1 N–H and O–H groups in total. The van der Waals surface area contributed by atoms with Gasteiger partial charge in [-0.2, -0.15) is 13.2 Å². The van der Waals surface area contributed by atoms with Crippen LogP contribution in [0.4, 0.5) is 23.9 Å². The highest BCUT2D eigenvalue weighted by molar-refractivity contribution is 7.94. The van der Waals surface area contributed by atoms with Crippen molar-refractivity contribution in [3.8, 4) is 0 Å². The molecule has 0 aliphatic heterocycles. The summed E-state index contributed by atoms with van der Waals surface area (Å²) in [6.45, 7) is 1.39. The van der Waals surface area contributed by atoms with E-state index < -0.39 is 26.7 Å². The van der Waals surface area contributed by atoms with E-state index in [4.69, 9.17) is 0 Å². The predicted molar refractivity (Wildman–Crippen MR) is 78.0 cm³/mol. The number of aryl methyl sites for hydroxylation is 1. The molecule has 6 nitrogen and oxygen atoms in total. The fourth-order valence-electron chi connectivity index (χ4n) is 1.73. The molecule has 2 rings (SSSR count). The van der Waals surface area contributed by atoms with Gasteiger partial charge in [0, 0.05) is 11.8 Å². The monoisotopic (exact) mass is 366 g/mol. The van der Waals surface area contributed by atoms with Gasteiger partial charge in [-0.3, -0.25) is 14.8 Å². The Bertz CT molecular complexity index is 842. The third-order valence-corrected chi connectivity index (χ3v) is 5.95. The third kappa shape index (κ3) is 3.79. The van der Waals surface area contributed by atoms with Crippen molar-refractivity contribution in [3.63, 3.8) is 0 Å². The van der Waals surface area contributed by atoms with Gasteiger partial charge in [-0.05, 0) is 48.1 Å². The molecule has 0 fully saturated rings. The SMILES string of the molecule is Cc1cc([N+](=O)[O-])sc1S(=O)(=O)Nc1ccc(C(F)(F)F)cc1. The molecule has 124 valence electrons. The number of anilines is 1. The minimum absolute atomic E-state index is 0.0755. The van der Waals surface area contributed by atoms with Crippen molar-refractivity contribution in [2.45, 2.75) is 17.3 Å². The Hall–Kier alpha value is -2.14. The Kier molecular flexibility index (Phi) is 4.35. The Morgan fingerprint density at radius 3 is 2.22 bits per heavy atom. The van der Waals surface area contributed by atoms with E-state index in [-0.39, 0.29) is 20.5 Å². The van der Waals surface area contributed by atoms with Crippen LogP contribution in [0.15, 0.2) is 34.5 Å². The molecule has 0 aliphatic rings. The van der Waals surface area contributed by atoms with Crippen LogP contribution in [0.25, 0.3) is 0 Å². The highest BCUT2D eigenvalue weighted by Gasteiger charge is 2.30. The van der Waals surface area contributed by atoms with Crippen LogP contribution in [0.2, 0.25) is 0 Å². The van der Waals surface area contributed by atoms with E-state index in [0.717, 1.165) is 30.3 Å². The maximum Gasteiger partial charge on any atom is 0.416 e. The van der Waals surface area contributed by atoms with Crippen molar-refractivity contribution in [1.29, 1.82) is 0 Å². The van der Waals surface area contributed by atoms with Crippen molar-refractivity contribution < 1.29 is 26.5 Å². The second-order valence-electron chi connectivity index (χ2n) is 4.49. The Balaban J connectivity index is 2.30. The molecule has 0 aliphatic carbocycles. The number of halogens is 3. The number of hydrogen-bond acceptors (Lipinski definition) is 5. The minimum Gasteiger partial charge on any atom is -0.279 e. The van der Waals surface area contributed by atoms with Gasteiger partial charge in [0.2, 0.25) is 0 Å². The summed E-state index contributed by atoms with van der Waals surface area (Å²) < 4.78 is 63.6. The lowest BCUT2D eigenvalue weighted by atomic mass is 10.2. The second kappa shape index (κ2) is 5.81. The molecule has 0 unspecified atom stereocenters. The summed E-state index contributed by atoms with van der Waals surface area (Å²) in [6, 6.07) is 4.53.